The standard InChI is InChI=1S/C16H19N3O2S/c20-19(21)15-4-1-3-14(11-15)12-17-6-8-18(9-7-17)13-16-5-2-10-22-16/h1-5,10-11H,6-9,12-13H2. The molecule has 22 heavy (non-hydrogen) atoms. The van der Waals surface area contributed by atoms with E-state index >= 15 is 0 Å². The Bertz CT molecular complexity index is 622. The van der Waals surface area contributed by atoms with Gasteiger partial charge < -0.3 is 0 Å². The maximum Gasteiger partial charge on any atom is 0.269 e. The van der Waals surface area contributed by atoms with Gasteiger partial charge in [-0.05, 0) is 17.0 Å². The molecule has 0 radical (unpaired) electrons. The van der Waals surface area contributed by atoms with E-state index in [1.54, 1.807) is 29.5 Å². The third-order valence-corrected chi connectivity index (χ3v) is 4.81. The van der Waals surface area contributed by atoms with Crippen molar-refractivity contribution in [2.24, 2.45) is 0 Å². The fourth-order valence-electron chi connectivity index (χ4n) is 2.76. The minimum atomic E-state index is -0.331. The third kappa shape index (κ3) is 3.91. The maximum atomic E-state index is 10.8. The van der Waals surface area contributed by atoms with Gasteiger partial charge in [-0.3, -0.25) is 19.9 Å². The van der Waals surface area contributed by atoms with E-state index in [0.717, 1.165) is 44.8 Å². The molecule has 5 nitrogen and oxygen atoms in total. The summed E-state index contributed by atoms with van der Waals surface area (Å²) in [6.07, 6.45) is 0. The van der Waals surface area contributed by atoms with Gasteiger partial charge >= 0.3 is 0 Å². The van der Waals surface area contributed by atoms with E-state index in [1.807, 2.05) is 6.07 Å². The summed E-state index contributed by atoms with van der Waals surface area (Å²) < 4.78 is 0. The number of hydrogen-bond acceptors (Lipinski definition) is 5. The van der Waals surface area contributed by atoms with E-state index in [9.17, 15) is 10.1 Å². The predicted molar refractivity (Wildman–Crippen MR) is 88.0 cm³/mol. The van der Waals surface area contributed by atoms with Gasteiger partial charge in [-0.15, -0.1) is 11.3 Å². The summed E-state index contributed by atoms with van der Waals surface area (Å²) in [5.41, 5.74) is 1.19. The minimum Gasteiger partial charge on any atom is -0.297 e. The molecule has 1 fully saturated rings. The summed E-state index contributed by atoms with van der Waals surface area (Å²) in [4.78, 5) is 16.7. The van der Waals surface area contributed by atoms with E-state index in [2.05, 4.69) is 27.3 Å². The van der Waals surface area contributed by atoms with E-state index in [0.29, 0.717) is 0 Å². The van der Waals surface area contributed by atoms with Crippen LogP contribution in [0.4, 0.5) is 5.69 Å². The summed E-state index contributed by atoms with van der Waals surface area (Å²) in [7, 11) is 0. The molecule has 3 rings (SSSR count). The Labute approximate surface area is 133 Å². The van der Waals surface area contributed by atoms with E-state index in [4.69, 9.17) is 0 Å². The first kappa shape index (κ1) is 15.1. The van der Waals surface area contributed by atoms with Crippen molar-refractivity contribution in [2.75, 3.05) is 26.2 Å². The van der Waals surface area contributed by atoms with Crippen molar-refractivity contribution in [3.05, 3.63) is 62.3 Å². The summed E-state index contributed by atoms with van der Waals surface area (Å²) >= 11 is 1.81. The largest absolute Gasteiger partial charge is 0.297 e. The predicted octanol–water partition coefficient (Wildman–Crippen LogP) is 2.97. The lowest BCUT2D eigenvalue weighted by atomic mass is 10.1. The van der Waals surface area contributed by atoms with Crippen molar-refractivity contribution >= 4 is 17.0 Å². The number of benzene rings is 1. The fraction of sp³-hybridized carbons (Fsp3) is 0.375. The Morgan fingerprint density at radius 1 is 1.05 bits per heavy atom. The molecule has 0 N–H and O–H groups in total. The average molecular weight is 317 g/mol. The van der Waals surface area contributed by atoms with Gasteiger partial charge in [-0.1, -0.05) is 18.2 Å². The molecule has 0 atom stereocenters. The number of thiophene rings is 1. The van der Waals surface area contributed by atoms with Gasteiger partial charge in [0.2, 0.25) is 0 Å². The SMILES string of the molecule is O=[N+]([O-])c1cccc(CN2CCN(Cc3cccs3)CC2)c1. The first-order valence-electron chi connectivity index (χ1n) is 7.41. The van der Waals surface area contributed by atoms with Crippen molar-refractivity contribution in [1.29, 1.82) is 0 Å². The second-order valence-electron chi connectivity index (χ2n) is 5.56. The summed E-state index contributed by atoms with van der Waals surface area (Å²) in [6, 6.07) is 11.2. The van der Waals surface area contributed by atoms with Crippen molar-refractivity contribution in [1.82, 2.24) is 9.80 Å². The van der Waals surface area contributed by atoms with Gasteiger partial charge in [0.25, 0.3) is 5.69 Å². The van der Waals surface area contributed by atoms with E-state index in [-0.39, 0.29) is 10.6 Å². The third-order valence-electron chi connectivity index (χ3n) is 3.95. The number of nitrogens with zero attached hydrogens (tertiary/aromatic N) is 3. The molecule has 1 aromatic carbocycles. The van der Waals surface area contributed by atoms with Crippen LogP contribution >= 0.6 is 11.3 Å². The zero-order valence-corrected chi connectivity index (χ0v) is 13.2. The highest BCUT2D eigenvalue weighted by Gasteiger charge is 2.18. The van der Waals surface area contributed by atoms with Crippen molar-refractivity contribution in [3.63, 3.8) is 0 Å². The topological polar surface area (TPSA) is 49.6 Å². The van der Waals surface area contributed by atoms with Gasteiger partial charge in [0.15, 0.2) is 0 Å². The van der Waals surface area contributed by atoms with Crippen LogP contribution in [0.1, 0.15) is 10.4 Å². The Morgan fingerprint density at radius 3 is 2.41 bits per heavy atom. The van der Waals surface area contributed by atoms with Crippen LogP contribution in [0.15, 0.2) is 41.8 Å². The number of nitro benzene ring substituents is 1. The number of nitro groups is 1. The highest BCUT2D eigenvalue weighted by Crippen LogP contribution is 2.17. The van der Waals surface area contributed by atoms with Gasteiger partial charge in [-0.25, -0.2) is 0 Å². The highest BCUT2D eigenvalue weighted by atomic mass is 32.1. The van der Waals surface area contributed by atoms with Crippen LogP contribution in [0.2, 0.25) is 0 Å². The molecule has 1 saturated heterocycles. The Morgan fingerprint density at radius 2 is 1.77 bits per heavy atom. The molecule has 0 spiro atoms. The smallest absolute Gasteiger partial charge is 0.269 e. The molecule has 0 saturated carbocycles. The Kier molecular flexibility index (Phi) is 4.82. The number of non-ortho nitro benzene ring substituents is 1. The Balaban J connectivity index is 1.51. The molecule has 6 heteroatoms. The first-order valence-corrected chi connectivity index (χ1v) is 8.29. The minimum absolute atomic E-state index is 0.175. The first-order chi connectivity index (χ1) is 10.7. The zero-order valence-electron chi connectivity index (χ0n) is 12.4. The number of rotatable bonds is 5. The lowest BCUT2D eigenvalue weighted by Gasteiger charge is -2.34. The number of hydrogen-bond donors (Lipinski definition) is 0. The second-order valence-corrected chi connectivity index (χ2v) is 6.59. The van der Waals surface area contributed by atoms with Crippen LogP contribution in [0.5, 0.6) is 0 Å². The Hall–Kier alpha value is -1.76. The molecule has 2 heterocycles. The van der Waals surface area contributed by atoms with Gasteiger partial charge in [0.05, 0.1) is 4.92 Å². The maximum absolute atomic E-state index is 10.8. The fourth-order valence-corrected chi connectivity index (χ4v) is 3.50. The van der Waals surface area contributed by atoms with Crippen LogP contribution in [0.3, 0.4) is 0 Å². The lowest BCUT2D eigenvalue weighted by molar-refractivity contribution is -0.384. The quantitative estimate of drug-likeness (QED) is 0.628. The van der Waals surface area contributed by atoms with Gasteiger partial charge in [0, 0.05) is 56.3 Å². The molecule has 0 amide bonds. The van der Waals surface area contributed by atoms with Gasteiger partial charge in [0.1, 0.15) is 0 Å². The molecule has 116 valence electrons. The van der Waals surface area contributed by atoms with E-state index in [1.165, 1.54) is 4.88 Å². The van der Waals surface area contributed by atoms with Crippen LogP contribution in [-0.2, 0) is 13.1 Å². The van der Waals surface area contributed by atoms with Crippen LogP contribution < -0.4 is 0 Å². The van der Waals surface area contributed by atoms with E-state index < -0.39 is 0 Å². The summed E-state index contributed by atoms with van der Waals surface area (Å²) in [5.74, 6) is 0. The summed E-state index contributed by atoms with van der Waals surface area (Å²) in [6.45, 7) is 5.93. The molecule has 2 aromatic rings. The highest BCUT2D eigenvalue weighted by molar-refractivity contribution is 7.09. The van der Waals surface area contributed by atoms with Crippen molar-refractivity contribution in [2.45, 2.75) is 13.1 Å². The van der Waals surface area contributed by atoms with Crippen LogP contribution in [0, 0.1) is 10.1 Å². The zero-order chi connectivity index (χ0) is 15.4. The summed E-state index contributed by atoms with van der Waals surface area (Å²) in [5, 5.41) is 12.9. The van der Waals surface area contributed by atoms with Crippen molar-refractivity contribution in [3.8, 4) is 0 Å². The number of piperazine rings is 1. The van der Waals surface area contributed by atoms with Crippen LogP contribution in [-0.4, -0.2) is 40.9 Å². The molecule has 1 aliphatic heterocycles. The molecule has 0 unspecified atom stereocenters. The normalized spacial score (nSPS) is 16.7. The molecule has 1 aromatic heterocycles. The molecular weight excluding hydrogens is 298 g/mol. The average Bonchev–Trinajstić information content (AvgIpc) is 3.02. The van der Waals surface area contributed by atoms with Gasteiger partial charge in [-0.2, -0.15) is 0 Å². The van der Waals surface area contributed by atoms with Crippen molar-refractivity contribution < 1.29 is 4.92 Å². The molecule has 0 aliphatic carbocycles. The lowest BCUT2D eigenvalue weighted by Crippen LogP contribution is -2.45. The monoisotopic (exact) mass is 317 g/mol. The second kappa shape index (κ2) is 7.00. The molecule has 0 bridgehead atoms. The molecule has 1 aliphatic rings. The van der Waals surface area contributed by atoms with Crippen LogP contribution in [0.25, 0.3) is 0 Å². The molecular formula is C16H19N3O2S.